The SMILES string of the molecule is Fc1c(Cl)ccc2c(Nc3nc(-c4ccccc4C(F)(F)F)nc4ccccc34)n[nH]c12. The van der Waals surface area contributed by atoms with Gasteiger partial charge in [-0.3, -0.25) is 5.10 Å². The molecule has 2 heterocycles. The van der Waals surface area contributed by atoms with E-state index in [1.807, 2.05) is 0 Å². The maximum Gasteiger partial charge on any atom is 0.417 e. The van der Waals surface area contributed by atoms with Crippen molar-refractivity contribution in [3.05, 3.63) is 77.1 Å². The zero-order valence-corrected chi connectivity index (χ0v) is 16.8. The summed E-state index contributed by atoms with van der Waals surface area (Å²) in [4.78, 5) is 8.71. The first-order valence-electron chi connectivity index (χ1n) is 9.35. The van der Waals surface area contributed by atoms with Gasteiger partial charge in [-0.15, -0.1) is 0 Å². The highest BCUT2D eigenvalue weighted by atomic mass is 35.5. The summed E-state index contributed by atoms with van der Waals surface area (Å²) in [6.07, 6.45) is -4.58. The van der Waals surface area contributed by atoms with Crippen LogP contribution in [0.5, 0.6) is 0 Å². The average molecular weight is 458 g/mol. The van der Waals surface area contributed by atoms with Crippen LogP contribution in [-0.2, 0) is 6.18 Å². The van der Waals surface area contributed by atoms with Crippen molar-refractivity contribution in [3.63, 3.8) is 0 Å². The van der Waals surface area contributed by atoms with E-state index >= 15 is 0 Å². The van der Waals surface area contributed by atoms with E-state index in [0.717, 1.165) is 6.07 Å². The molecule has 2 N–H and O–H groups in total. The number of nitrogens with zero attached hydrogens (tertiary/aromatic N) is 3. The fourth-order valence-electron chi connectivity index (χ4n) is 3.45. The number of rotatable bonds is 3. The molecule has 2 aromatic heterocycles. The van der Waals surface area contributed by atoms with Crippen LogP contribution in [0, 0.1) is 5.82 Å². The number of halogens is 5. The third-order valence-electron chi connectivity index (χ3n) is 4.94. The van der Waals surface area contributed by atoms with Crippen molar-refractivity contribution >= 4 is 45.0 Å². The molecule has 0 spiro atoms. The van der Waals surface area contributed by atoms with E-state index in [-0.39, 0.29) is 33.6 Å². The number of anilines is 2. The Balaban J connectivity index is 1.69. The summed E-state index contributed by atoms with van der Waals surface area (Å²) in [6.45, 7) is 0. The van der Waals surface area contributed by atoms with E-state index in [1.54, 1.807) is 30.3 Å². The van der Waals surface area contributed by atoms with Crippen molar-refractivity contribution in [2.24, 2.45) is 0 Å². The number of hydrogen-bond donors (Lipinski definition) is 2. The highest BCUT2D eigenvalue weighted by molar-refractivity contribution is 6.31. The molecule has 0 atom stereocenters. The van der Waals surface area contributed by atoms with Crippen LogP contribution in [0.15, 0.2) is 60.7 Å². The molecule has 0 aliphatic carbocycles. The number of H-pyrrole nitrogens is 1. The molecule has 10 heteroatoms. The summed E-state index contributed by atoms with van der Waals surface area (Å²) in [7, 11) is 0. The van der Waals surface area contributed by atoms with Crippen LogP contribution in [-0.4, -0.2) is 20.2 Å². The Morgan fingerprint density at radius 2 is 1.59 bits per heavy atom. The standard InChI is InChI=1S/C22H12ClF4N5/c23-15-10-9-13-18(17(15)24)31-32-21(13)30-20-12-6-2-4-8-16(12)28-19(29-20)11-5-1-3-7-14(11)22(25,26)27/h1-10H,(H2,28,29,30,31,32). The fraction of sp³-hybridized carbons (Fsp3) is 0.0455. The molecule has 0 saturated heterocycles. The van der Waals surface area contributed by atoms with Gasteiger partial charge in [0.1, 0.15) is 11.3 Å². The minimum Gasteiger partial charge on any atom is -0.322 e. The number of para-hydroxylation sites is 1. The summed E-state index contributed by atoms with van der Waals surface area (Å²) < 4.78 is 55.0. The molecule has 160 valence electrons. The van der Waals surface area contributed by atoms with Crippen molar-refractivity contribution in [1.82, 2.24) is 20.2 Å². The third-order valence-corrected chi connectivity index (χ3v) is 5.23. The molecule has 0 amide bonds. The monoisotopic (exact) mass is 457 g/mol. The van der Waals surface area contributed by atoms with Crippen molar-refractivity contribution in [2.45, 2.75) is 6.18 Å². The van der Waals surface area contributed by atoms with Crippen LogP contribution in [0.2, 0.25) is 5.02 Å². The first-order chi connectivity index (χ1) is 15.3. The average Bonchev–Trinajstić information content (AvgIpc) is 3.19. The van der Waals surface area contributed by atoms with Gasteiger partial charge in [0.2, 0.25) is 0 Å². The zero-order chi connectivity index (χ0) is 22.5. The van der Waals surface area contributed by atoms with Gasteiger partial charge in [-0.25, -0.2) is 14.4 Å². The van der Waals surface area contributed by atoms with Crippen LogP contribution < -0.4 is 5.32 Å². The fourth-order valence-corrected chi connectivity index (χ4v) is 3.61. The van der Waals surface area contributed by atoms with Crippen LogP contribution >= 0.6 is 11.6 Å². The summed E-state index contributed by atoms with van der Waals surface area (Å²) in [5.74, 6) is -0.286. The zero-order valence-electron chi connectivity index (χ0n) is 16.0. The minimum atomic E-state index is -4.58. The number of fused-ring (bicyclic) bond motifs is 2. The number of benzene rings is 3. The van der Waals surface area contributed by atoms with Crippen LogP contribution in [0.25, 0.3) is 33.2 Å². The largest absolute Gasteiger partial charge is 0.417 e. The molecule has 0 aliphatic rings. The first-order valence-corrected chi connectivity index (χ1v) is 9.73. The second kappa shape index (κ2) is 7.45. The molecule has 0 unspecified atom stereocenters. The Morgan fingerprint density at radius 3 is 2.41 bits per heavy atom. The van der Waals surface area contributed by atoms with Gasteiger partial charge in [-0.05, 0) is 30.3 Å². The van der Waals surface area contributed by atoms with Gasteiger partial charge >= 0.3 is 6.18 Å². The Bertz CT molecular complexity index is 1480. The van der Waals surface area contributed by atoms with Gasteiger partial charge < -0.3 is 5.32 Å². The Kier molecular flexibility index (Phi) is 4.70. The molecule has 5 rings (SSSR count). The van der Waals surface area contributed by atoms with Gasteiger partial charge in [0.25, 0.3) is 0 Å². The lowest BCUT2D eigenvalue weighted by atomic mass is 10.1. The molecule has 3 aromatic carbocycles. The van der Waals surface area contributed by atoms with Crippen LogP contribution in [0.3, 0.4) is 0 Å². The van der Waals surface area contributed by atoms with E-state index < -0.39 is 17.6 Å². The molecule has 5 aromatic rings. The molecule has 0 saturated carbocycles. The molecule has 0 radical (unpaired) electrons. The van der Waals surface area contributed by atoms with Gasteiger partial charge in [0, 0.05) is 16.3 Å². The number of aromatic nitrogens is 4. The number of aromatic amines is 1. The third kappa shape index (κ3) is 3.40. The predicted octanol–water partition coefficient (Wildman–Crippen LogP) is 6.73. The summed E-state index contributed by atoms with van der Waals surface area (Å²) >= 11 is 5.82. The minimum absolute atomic E-state index is 0.0637. The Hall–Kier alpha value is -3.72. The van der Waals surface area contributed by atoms with Crippen molar-refractivity contribution in [3.8, 4) is 11.4 Å². The predicted molar refractivity (Wildman–Crippen MR) is 114 cm³/mol. The molecule has 0 fully saturated rings. The van der Waals surface area contributed by atoms with Gasteiger partial charge in [-0.2, -0.15) is 18.3 Å². The summed E-state index contributed by atoms with van der Waals surface area (Å²) in [5.41, 5.74) is -0.464. The lowest BCUT2D eigenvalue weighted by molar-refractivity contribution is -0.137. The quantitative estimate of drug-likeness (QED) is 0.295. The van der Waals surface area contributed by atoms with Crippen molar-refractivity contribution < 1.29 is 17.6 Å². The van der Waals surface area contributed by atoms with Gasteiger partial charge in [0.05, 0.1) is 16.1 Å². The van der Waals surface area contributed by atoms with E-state index in [1.165, 1.54) is 24.3 Å². The van der Waals surface area contributed by atoms with Gasteiger partial charge in [-0.1, -0.05) is 41.9 Å². The Morgan fingerprint density at radius 1 is 0.844 bits per heavy atom. The van der Waals surface area contributed by atoms with E-state index in [4.69, 9.17) is 11.6 Å². The topological polar surface area (TPSA) is 66.5 Å². The second-order valence-electron chi connectivity index (χ2n) is 6.94. The van der Waals surface area contributed by atoms with Crippen LogP contribution in [0.1, 0.15) is 5.56 Å². The normalized spacial score (nSPS) is 11.9. The molecular formula is C22H12ClF4N5. The number of nitrogens with one attached hydrogen (secondary N) is 2. The lowest BCUT2D eigenvalue weighted by Crippen LogP contribution is -2.08. The lowest BCUT2D eigenvalue weighted by Gasteiger charge is -2.14. The number of hydrogen-bond acceptors (Lipinski definition) is 4. The van der Waals surface area contributed by atoms with Crippen molar-refractivity contribution in [1.29, 1.82) is 0 Å². The summed E-state index contributed by atoms with van der Waals surface area (Å²) in [5, 5.41) is 10.6. The molecular weight excluding hydrogens is 446 g/mol. The molecule has 32 heavy (non-hydrogen) atoms. The highest BCUT2D eigenvalue weighted by Gasteiger charge is 2.34. The first kappa shape index (κ1) is 20.2. The van der Waals surface area contributed by atoms with E-state index in [0.29, 0.717) is 16.3 Å². The smallest absolute Gasteiger partial charge is 0.322 e. The summed E-state index contributed by atoms with van der Waals surface area (Å²) in [6, 6.07) is 14.9. The Labute approximate surface area is 183 Å². The van der Waals surface area contributed by atoms with Crippen molar-refractivity contribution in [2.75, 3.05) is 5.32 Å². The second-order valence-corrected chi connectivity index (χ2v) is 7.34. The molecule has 0 bridgehead atoms. The maximum absolute atomic E-state index is 14.3. The number of alkyl halides is 3. The van der Waals surface area contributed by atoms with E-state index in [2.05, 4.69) is 25.5 Å². The molecule has 5 nitrogen and oxygen atoms in total. The highest BCUT2D eigenvalue weighted by Crippen LogP contribution is 2.37. The maximum atomic E-state index is 14.3. The van der Waals surface area contributed by atoms with E-state index in [9.17, 15) is 17.6 Å². The molecule has 0 aliphatic heterocycles. The van der Waals surface area contributed by atoms with Crippen LogP contribution in [0.4, 0.5) is 29.2 Å². The van der Waals surface area contributed by atoms with Gasteiger partial charge in [0.15, 0.2) is 17.5 Å².